The number of hydrogen-bond donors (Lipinski definition) is 0. The molecule has 1 heterocycles. The number of rotatable bonds is 3. The van der Waals surface area contributed by atoms with Crippen LogP contribution in [0.3, 0.4) is 0 Å². The van der Waals surface area contributed by atoms with Crippen molar-refractivity contribution in [2.24, 2.45) is 11.8 Å². The minimum absolute atomic E-state index is 0.141. The van der Waals surface area contributed by atoms with E-state index in [2.05, 4.69) is 13.8 Å². The fourth-order valence-corrected chi connectivity index (χ4v) is 2.84. The fraction of sp³-hybridized carbons (Fsp3) is 0.933. The first-order valence-corrected chi connectivity index (χ1v) is 7.35. The lowest BCUT2D eigenvalue weighted by Crippen LogP contribution is -2.44. The molecule has 1 amide bonds. The molecule has 0 aromatic rings. The van der Waals surface area contributed by atoms with E-state index in [1.807, 2.05) is 25.7 Å². The van der Waals surface area contributed by atoms with Crippen LogP contribution in [0.5, 0.6) is 0 Å². The lowest BCUT2D eigenvalue weighted by atomic mass is 9.82. The molecule has 0 aliphatic carbocycles. The Labute approximate surface area is 112 Å². The van der Waals surface area contributed by atoms with Gasteiger partial charge in [-0.05, 0) is 45.4 Å². The average molecular weight is 255 g/mol. The molecular weight excluding hydrogens is 226 g/mol. The van der Waals surface area contributed by atoms with Crippen molar-refractivity contribution >= 4 is 6.09 Å². The van der Waals surface area contributed by atoms with Crippen LogP contribution in [0.1, 0.15) is 60.3 Å². The second kappa shape index (κ2) is 6.44. The topological polar surface area (TPSA) is 29.5 Å². The van der Waals surface area contributed by atoms with Crippen LogP contribution in [0.15, 0.2) is 0 Å². The molecule has 0 aromatic carbocycles. The van der Waals surface area contributed by atoms with E-state index in [0.717, 1.165) is 25.4 Å². The van der Waals surface area contributed by atoms with Crippen LogP contribution in [0.25, 0.3) is 0 Å². The van der Waals surface area contributed by atoms with E-state index in [1.165, 1.54) is 19.3 Å². The smallest absolute Gasteiger partial charge is 0.410 e. The summed E-state index contributed by atoms with van der Waals surface area (Å²) in [5.41, 5.74) is -0.390. The number of ether oxygens (including phenoxy) is 1. The number of carbonyl (C=O) groups is 1. The largest absolute Gasteiger partial charge is 0.444 e. The van der Waals surface area contributed by atoms with Crippen LogP contribution < -0.4 is 0 Å². The number of hydrogen-bond acceptors (Lipinski definition) is 2. The maximum atomic E-state index is 12.1. The third kappa shape index (κ3) is 4.51. The van der Waals surface area contributed by atoms with Crippen molar-refractivity contribution in [2.75, 3.05) is 13.1 Å². The Morgan fingerprint density at radius 1 is 1.33 bits per heavy atom. The first kappa shape index (κ1) is 15.3. The molecule has 1 aliphatic heterocycles. The Morgan fingerprint density at radius 2 is 1.94 bits per heavy atom. The summed E-state index contributed by atoms with van der Waals surface area (Å²) in [4.78, 5) is 14.0. The summed E-state index contributed by atoms with van der Waals surface area (Å²) in [6, 6.07) is 0. The highest BCUT2D eigenvalue weighted by molar-refractivity contribution is 5.68. The van der Waals surface area contributed by atoms with E-state index in [0.29, 0.717) is 5.92 Å². The third-order valence-corrected chi connectivity index (χ3v) is 3.82. The van der Waals surface area contributed by atoms with E-state index >= 15 is 0 Å². The summed E-state index contributed by atoms with van der Waals surface area (Å²) in [5.74, 6) is 1.40. The average Bonchev–Trinajstić information content (AvgIpc) is 2.29. The van der Waals surface area contributed by atoms with E-state index in [4.69, 9.17) is 4.74 Å². The van der Waals surface area contributed by atoms with Gasteiger partial charge in [0.2, 0.25) is 0 Å². The molecule has 0 radical (unpaired) electrons. The van der Waals surface area contributed by atoms with Gasteiger partial charge in [-0.1, -0.05) is 26.7 Å². The van der Waals surface area contributed by atoms with E-state index in [1.54, 1.807) is 0 Å². The molecule has 0 N–H and O–H groups in total. The van der Waals surface area contributed by atoms with Gasteiger partial charge in [0, 0.05) is 13.1 Å². The van der Waals surface area contributed by atoms with Crippen molar-refractivity contribution in [3.8, 4) is 0 Å². The minimum atomic E-state index is -0.390. The maximum Gasteiger partial charge on any atom is 0.410 e. The van der Waals surface area contributed by atoms with Crippen LogP contribution in [0.4, 0.5) is 4.79 Å². The summed E-state index contributed by atoms with van der Waals surface area (Å²) in [5, 5.41) is 0. The van der Waals surface area contributed by atoms with E-state index < -0.39 is 0 Å². The van der Waals surface area contributed by atoms with E-state index in [9.17, 15) is 4.79 Å². The number of nitrogens with zero attached hydrogens (tertiary/aromatic N) is 1. The number of amides is 1. The molecular formula is C15H29NO2. The Balaban J connectivity index is 2.55. The maximum absolute atomic E-state index is 12.1. The quantitative estimate of drug-likeness (QED) is 0.760. The predicted octanol–water partition coefficient (Wildman–Crippen LogP) is 4.07. The van der Waals surface area contributed by atoms with Gasteiger partial charge in [-0.3, -0.25) is 0 Å². The van der Waals surface area contributed by atoms with E-state index in [-0.39, 0.29) is 11.7 Å². The summed E-state index contributed by atoms with van der Waals surface area (Å²) in [7, 11) is 0. The first-order valence-electron chi connectivity index (χ1n) is 7.35. The number of piperidine rings is 1. The molecule has 1 fully saturated rings. The fourth-order valence-electron chi connectivity index (χ4n) is 2.84. The van der Waals surface area contributed by atoms with Crippen molar-refractivity contribution in [1.29, 1.82) is 0 Å². The van der Waals surface area contributed by atoms with Crippen molar-refractivity contribution in [3.63, 3.8) is 0 Å². The van der Waals surface area contributed by atoms with Gasteiger partial charge in [-0.2, -0.15) is 0 Å². The molecule has 0 unspecified atom stereocenters. The second-order valence-electron chi connectivity index (χ2n) is 6.41. The highest BCUT2D eigenvalue weighted by Gasteiger charge is 2.30. The Bertz CT molecular complexity index is 266. The zero-order valence-electron chi connectivity index (χ0n) is 12.7. The highest BCUT2D eigenvalue weighted by atomic mass is 16.6. The molecule has 1 atom stereocenters. The van der Waals surface area contributed by atoms with Crippen LogP contribution in [-0.4, -0.2) is 29.7 Å². The molecule has 1 aliphatic rings. The third-order valence-electron chi connectivity index (χ3n) is 3.82. The van der Waals surface area contributed by atoms with Gasteiger partial charge in [0.15, 0.2) is 0 Å². The minimum Gasteiger partial charge on any atom is -0.444 e. The molecule has 1 rings (SSSR count). The Morgan fingerprint density at radius 3 is 2.44 bits per heavy atom. The molecule has 0 spiro atoms. The highest BCUT2D eigenvalue weighted by Crippen LogP contribution is 2.29. The molecule has 1 saturated heterocycles. The molecule has 0 saturated carbocycles. The molecule has 3 nitrogen and oxygen atoms in total. The zero-order valence-corrected chi connectivity index (χ0v) is 12.7. The van der Waals surface area contributed by atoms with Crippen LogP contribution in [-0.2, 0) is 4.74 Å². The SMILES string of the molecule is CCC(CC)[C@@H]1CCCN(C(=O)OC(C)(C)C)C1. The normalized spacial score (nSPS) is 21.2. The monoisotopic (exact) mass is 255 g/mol. The standard InChI is InChI=1S/C15H29NO2/c1-6-12(7-2)13-9-8-10-16(11-13)14(17)18-15(3,4)5/h12-13H,6-11H2,1-5H3/t13-/m1/s1. The molecule has 18 heavy (non-hydrogen) atoms. The van der Waals surface area contributed by atoms with Crippen LogP contribution >= 0.6 is 0 Å². The Hall–Kier alpha value is -0.730. The molecule has 3 heteroatoms. The summed E-state index contributed by atoms with van der Waals surface area (Å²) in [6.07, 6.45) is 4.65. The summed E-state index contributed by atoms with van der Waals surface area (Å²) < 4.78 is 5.46. The molecule has 106 valence electrons. The molecule has 0 bridgehead atoms. The molecule has 0 aromatic heterocycles. The predicted molar refractivity (Wildman–Crippen MR) is 74.6 cm³/mol. The van der Waals surface area contributed by atoms with Gasteiger partial charge in [-0.15, -0.1) is 0 Å². The lowest BCUT2D eigenvalue weighted by Gasteiger charge is -2.37. The van der Waals surface area contributed by atoms with Gasteiger partial charge in [-0.25, -0.2) is 4.79 Å². The van der Waals surface area contributed by atoms with Gasteiger partial charge in [0.05, 0.1) is 0 Å². The zero-order chi connectivity index (χ0) is 13.8. The van der Waals surface area contributed by atoms with Gasteiger partial charge < -0.3 is 9.64 Å². The van der Waals surface area contributed by atoms with Gasteiger partial charge >= 0.3 is 6.09 Å². The lowest BCUT2D eigenvalue weighted by molar-refractivity contribution is 0.0126. The van der Waals surface area contributed by atoms with Gasteiger partial charge in [0.1, 0.15) is 5.60 Å². The van der Waals surface area contributed by atoms with Crippen LogP contribution in [0.2, 0.25) is 0 Å². The number of likely N-dealkylation sites (tertiary alicyclic amines) is 1. The first-order chi connectivity index (χ1) is 8.37. The summed E-state index contributed by atoms with van der Waals surface area (Å²) in [6.45, 7) is 12.0. The van der Waals surface area contributed by atoms with Crippen LogP contribution in [0, 0.1) is 11.8 Å². The second-order valence-corrected chi connectivity index (χ2v) is 6.41. The van der Waals surface area contributed by atoms with Crippen molar-refractivity contribution in [1.82, 2.24) is 4.90 Å². The Kier molecular flexibility index (Phi) is 5.48. The van der Waals surface area contributed by atoms with Crippen molar-refractivity contribution < 1.29 is 9.53 Å². The van der Waals surface area contributed by atoms with Crippen molar-refractivity contribution in [2.45, 2.75) is 65.9 Å². The summed E-state index contributed by atoms with van der Waals surface area (Å²) >= 11 is 0. The van der Waals surface area contributed by atoms with Crippen molar-refractivity contribution in [3.05, 3.63) is 0 Å². The van der Waals surface area contributed by atoms with Gasteiger partial charge in [0.25, 0.3) is 0 Å². The number of carbonyl (C=O) groups excluding carboxylic acids is 1.